The minimum Gasteiger partial charge on any atom is -0.546 e. The average Bonchev–Trinajstić information content (AvgIpc) is 1.96. The van der Waals surface area contributed by atoms with Crippen molar-refractivity contribution in [2.45, 2.75) is 38.9 Å². The molecule has 0 N–H and O–H groups in total. The molecule has 0 rings (SSSR count). The van der Waals surface area contributed by atoms with Gasteiger partial charge in [0, 0.05) is 0 Å². The maximum absolute atomic E-state index is 7.58. The lowest BCUT2D eigenvalue weighted by Gasteiger charge is -2.34. The molecule has 7 heteroatoms. The van der Waals surface area contributed by atoms with Crippen LogP contribution in [0.4, 0.5) is 0 Å². The monoisotopic (exact) mass is 307 g/mol. The van der Waals surface area contributed by atoms with Crippen LogP contribution in [0.5, 0.6) is 0 Å². The van der Waals surface area contributed by atoms with Crippen LogP contribution >= 0.6 is 33.2 Å². The number of halogens is 3. The van der Waals surface area contributed by atoms with Crippen LogP contribution in [-0.4, -0.2) is 14.6 Å². The Hall–Kier alpha value is 0.644. The smallest absolute Gasteiger partial charge is 0.546 e. The summed E-state index contributed by atoms with van der Waals surface area (Å²) in [7, 11) is -2.01. The molecule has 0 unspecified atom stereocenters. The van der Waals surface area contributed by atoms with E-state index in [9.17, 15) is 0 Å². The van der Waals surface area contributed by atoms with Crippen molar-refractivity contribution in [2.75, 3.05) is 0 Å². The third-order valence-corrected chi connectivity index (χ3v) is 7.79. The Kier molecular flexibility index (Phi) is 4.86. The lowest BCUT2D eigenvalue weighted by atomic mass is 10.2. The van der Waals surface area contributed by atoms with E-state index >= 15 is 0 Å². The third-order valence-electron chi connectivity index (χ3n) is 2.36. The van der Waals surface area contributed by atoms with E-state index in [-0.39, 0.29) is 11.3 Å². The van der Waals surface area contributed by atoms with Crippen molar-refractivity contribution in [1.82, 2.24) is 0 Å². The van der Waals surface area contributed by atoms with E-state index in [2.05, 4.69) is 20.8 Å². The van der Waals surface area contributed by atoms with Gasteiger partial charge in [-0.15, -0.1) is 0 Å². The fourth-order valence-corrected chi connectivity index (χ4v) is 1.65. The Morgan fingerprint density at radius 1 is 1.13 bits per heavy atom. The first-order valence-corrected chi connectivity index (χ1v) is 12.3. The molecule has 0 radical (unpaired) electrons. The van der Waals surface area contributed by atoms with E-state index in [1.54, 1.807) is 0 Å². The van der Waals surface area contributed by atoms with Crippen LogP contribution in [0.25, 0.3) is 0 Å². The molecule has 90 valence electrons. The summed E-state index contributed by atoms with van der Waals surface area (Å²) in [6, 6.07) is 0. The molecule has 0 aromatic carbocycles. The van der Waals surface area contributed by atoms with Crippen molar-refractivity contribution in [3.8, 4) is 0 Å². The fraction of sp³-hybridized carbons (Fsp3) is 0.750. The second-order valence-electron chi connectivity index (χ2n) is 4.66. The summed E-state index contributed by atoms with van der Waals surface area (Å²) < 4.78 is 18.0. The van der Waals surface area contributed by atoms with Gasteiger partial charge in [-0.3, -0.25) is 0 Å². The molecule has 0 aromatic heterocycles. The maximum Gasteiger partial charge on any atom is 0.555 e. The molecule has 0 atom stereocenters. The van der Waals surface area contributed by atoms with E-state index in [0.29, 0.717) is 0 Å². The van der Waals surface area contributed by atoms with Crippen LogP contribution in [0.15, 0.2) is 12.5 Å². The second kappa shape index (κ2) is 5.32. The molecular formula is C8H17Cl3O2Si2. The molecule has 0 spiro atoms. The third kappa shape index (κ3) is 6.74. The molecule has 0 fully saturated rings. The zero-order chi connectivity index (χ0) is 13.2. The van der Waals surface area contributed by atoms with Gasteiger partial charge in [0.25, 0.3) is 0 Å². The fourth-order valence-electron chi connectivity index (χ4n) is 0.415. The molecular weight excluding hydrogens is 291 g/mol. The summed E-state index contributed by atoms with van der Waals surface area (Å²) in [5.74, 6) is 0. The van der Waals surface area contributed by atoms with E-state index in [1.165, 1.54) is 0 Å². The van der Waals surface area contributed by atoms with Gasteiger partial charge >= 0.3 is 6.25 Å². The first kappa shape index (κ1) is 13.7. The van der Waals surface area contributed by atoms with Crippen LogP contribution in [0.3, 0.4) is 0 Å². The van der Waals surface area contributed by atoms with Crippen LogP contribution in [0, 0.1) is 0 Å². The van der Waals surface area contributed by atoms with Gasteiger partial charge < -0.3 is 8.85 Å². The number of hydrogen-bond donors (Lipinski definition) is 0. The van der Waals surface area contributed by atoms with Crippen LogP contribution in [-0.2, 0) is 8.85 Å². The number of hydrogen-bond acceptors (Lipinski definition) is 2. The molecule has 0 aliphatic rings. The SMILES string of the molecule is [2H]/C(=C/O[Si](Cl)(Cl)Cl)O[Si](C)(C)C(C)(C)C. The lowest BCUT2D eigenvalue weighted by Crippen LogP contribution is -2.39. The highest BCUT2D eigenvalue weighted by Gasteiger charge is 2.38. The van der Waals surface area contributed by atoms with Gasteiger partial charge in [-0.05, 0) is 18.1 Å². The zero-order valence-electron chi connectivity index (χ0n) is 10.5. The van der Waals surface area contributed by atoms with Crippen molar-refractivity contribution < 1.29 is 10.2 Å². The summed E-state index contributed by atoms with van der Waals surface area (Å²) >= 11 is 16.5. The largest absolute Gasteiger partial charge is 0.555 e. The normalized spacial score (nSPS) is 16.0. The standard InChI is InChI=1S/C8H17Cl3O2Si2/c1-8(2,3)14(4,5)12-6-7-13-15(9,10)11/h6-7H,1-5H3/b7-6-/i6D. The Morgan fingerprint density at radius 2 is 1.60 bits per heavy atom. The Labute approximate surface area is 109 Å². The zero-order valence-corrected chi connectivity index (χ0v) is 13.8. The number of rotatable bonds is 4. The molecule has 0 aromatic rings. The van der Waals surface area contributed by atoms with E-state index in [4.69, 9.17) is 43.5 Å². The van der Waals surface area contributed by atoms with Crippen molar-refractivity contribution in [2.24, 2.45) is 0 Å². The van der Waals surface area contributed by atoms with Crippen LogP contribution < -0.4 is 0 Å². The quantitative estimate of drug-likeness (QED) is 0.427. The lowest BCUT2D eigenvalue weighted by molar-refractivity contribution is 0.402. The molecule has 0 saturated heterocycles. The highest BCUT2D eigenvalue weighted by atomic mass is 35.8. The molecule has 0 heterocycles. The van der Waals surface area contributed by atoms with Gasteiger partial charge in [-0.25, -0.2) is 0 Å². The predicted octanol–water partition coefficient (Wildman–Crippen LogP) is 4.65. The van der Waals surface area contributed by atoms with E-state index < -0.39 is 14.6 Å². The van der Waals surface area contributed by atoms with E-state index in [0.717, 1.165) is 6.26 Å². The van der Waals surface area contributed by atoms with Gasteiger partial charge in [-0.2, -0.15) is 0 Å². The average molecular weight is 309 g/mol. The maximum atomic E-state index is 7.58. The van der Waals surface area contributed by atoms with Crippen LogP contribution in [0.2, 0.25) is 18.1 Å². The summed E-state index contributed by atoms with van der Waals surface area (Å²) in [5.41, 5.74) is 0. The van der Waals surface area contributed by atoms with Gasteiger partial charge in [0.15, 0.2) is 0 Å². The summed E-state index contributed by atoms with van der Waals surface area (Å²) in [4.78, 5) is 0. The molecule has 0 saturated carbocycles. The molecule has 15 heavy (non-hydrogen) atoms. The van der Waals surface area contributed by atoms with Gasteiger partial charge in [0.05, 0.1) is 6.24 Å². The Morgan fingerprint density at radius 3 is 1.93 bits per heavy atom. The summed E-state index contributed by atoms with van der Waals surface area (Å²) in [6.07, 6.45) is -2.21. The Balaban J connectivity index is 4.51. The molecule has 0 aliphatic carbocycles. The molecule has 0 amide bonds. The summed E-state index contributed by atoms with van der Waals surface area (Å²) in [6.45, 7) is 10.3. The summed E-state index contributed by atoms with van der Waals surface area (Å²) in [5, 5.41) is 0.0184. The minimum atomic E-state index is -3.19. The molecule has 0 aliphatic heterocycles. The topological polar surface area (TPSA) is 18.5 Å². The van der Waals surface area contributed by atoms with Gasteiger partial charge in [0.2, 0.25) is 8.32 Å². The second-order valence-corrected chi connectivity index (χ2v) is 17.0. The minimum absolute atomic E-state index is 0.0184. The van der Waals surface area contributed by atoms with Gasteiger partial charge in [0.1, 0.15) is 7.63 Å². The molecule has 0 bridgehead atoms. The van der Waals surface area contributed by atoms with E-state index in [1.807, 2.05) is 13.1 Å². The first-order chi connectivity index (χ1) is 6.85. The van der Waals surface area contributed by atoms with Gasteiger partial charge in [-0.1, -0.05) is 54.0 Å². The highest BCUT2D eigenvalue weighted by Crippen LogP contribution is 2.36. The predicted molar refractivity (Wildman–Crippen MR) is 71.8 cm³/mol. The van der Waals surface area contributed by atoms with Crippen molar-refractivity contribution in [1.29, 1.82) is 0 Å². The first-order valence-electron chi connectivity index (χ1n) is 4.95. The highest BCUT2D eigenvalue weighted by molar-refractivity contribution is 7.62. The van der Waals surface area contributed by atoms with Crippen LogP contribution in [0.1, 0.15) is 22.1 Å². The van der Waals surface area contributed by atoms with Crippen molar-refractivity contribution in [3.05, 3.63) is 12.5 Å². The molecule has 2 nitrogen and oxygen atoms in total. The Bertz CT molecular complexity index is 271. The van der Waals surface area contributed by atoms with Crippen molar-refractivity contribution in [3.63, 3.8) is 0 Å². The van der Waals surface area contributed by atoms with Crippen molar-refractivity contribution >= 4 is 47.8 Å².